The van der Waals surface area contributed by atoms with Crippen LogP contribution in [0, 0.1) is 0 Å². The molecule has 0 saturated heterocycles. The van der Waals surface area contributed by atoms with E-state index in [9.17, 15) is 4.79 Å². The van der Waals surface area contributed by atoms with E-state index < -0.39 is 5.97 Å². The van der Waals surface area contributed by atoms with Gasteiger partial charge in [0, 0.05) is 27.2 Å². The summed E-state index contributed by atoms with van der Waals surface area (Å²) in [5.74, 6) is -1.06. The summed E-state index contributed by atoms with van der Waals surface area (Å²) in [7, 11) is 1.34. The molecule has 0 aliphatic rings. The van der Waals surface area contributed by atoms with Crippen molar-refractivity contribution in [1.29, 1.82) is 0 Å². The summed E-state index contributed by atoms with van der Waals surface area (Å²) in [4.78, 5) is 10.7. The van der Waals surface area contributed by atoms with Gasteiger partial charge in [-0.1, -0.05) is 92.8 Å². The fourth-order valence-electron chi connectivity index (χ4n) is 2.48. The Hall–Kier alpha value is -1.97. The van der Waals surface area contributed by atoms with Gasteiger partial charge in [0.15, 0.2) is 5.75 Å². The fraction of sp³-hybridized carbons (Fsp3) is 0.0385. The van der Waals surface area contributed by atoms with E-state index in [0.717, 1.165) is 5.69 Å². The average molecular weight is 709 g/mol. The molecule has 0 radical (unpaired) electrons. The second-order valence-electron chi connectivity index (χ2n) is 7.24. The molecule has 214 valence electrons. The molecule has 0 saturated carbocycles. The van der Waals surface area contributed by atoms with Crippen LogP contribution in [-0.4, -0.2) is 23.3 Å². The number of phenols is 1. The topological polar surface area (TPSA) is 120 Å². The minimum Gasteiger partial charge on any atom is -0.506 e. The third-order valence-corrected chi connectivity index (χ3v) is 6.70. The number of ether oxygens (including phenoxy) is 1. The standard InChI is InChI=1S/C8H6Cl2O3.2C6H5Cl2N.C6H4Cl2O/c1-13-7-5(10)3-2-4(9)6(7)8(11)12;3*7-4-1-2-5(8)6(9)3-4/h2-3H,1H3,(H,11,12);2*1-3H,9H2;1-3,9H/p+1. The number of halogens is 8. The van der Waals surface area contributed by atoms with E-state index in [1.54, 1.807) is 48.5 Å². The molecule has 4 aromatic carbocycles. The number of hydrogen-bond donors (Lipinski definition) is 4. The van der Waals surface area contributed by atoms with E-state index in [0.29, 0.717) is 35.8 Å². The van der Waals surface area contributed by atoms with Gasteiger partial charge in [-0.3, -0.25) is 0 Å². The maximum atomic E-state index is 10.7. The summed E-state index contributed by atoms with van der Waals surface area (Å²) < 4.78 is 4.82. The number of aromatic carboxylic acids is 1. The van der Waals surface area contributed by atoms with Gasteiger partial charge in [0.05, 0.1) is 32.9 Å². The van der Waals surface area contributed by atoms with Gasteiger partial charge in [0.1, 0.15) is 22.0 Å². The number of benzene rings is 4. The highest BCUT2D eigenvalue weighted by Gasteiger charge is 2.18. The zero-order valence-electron chi connectivity index (χ0n) is 20.4. The molecular formula is C26H21Cl8N2O4+. The molecule has 0 unspecified atom stereocenters. The maximum absolute atomic E-state index is 10.7. The van der Waals surface area contributed by atoms with Crippen LogP contribution in [0.15, 0.2) is 66.7 Å². The van der Waals surface area contributed by atoms with Crippen LogP contribution >= 0.6 is 92.8 Å². The van der Waals surface area contributed by atoms with Gasteiger partial charge in [-0.05, 0) is 54.6 Å². The number of aromatic hydroxyl groups is 1. The first-order valence-corrected chi connectivity index (χ1v) is 13.6. The van der Waals surface area contributed by atoms with E-state index in [1.165, 1.54) is 25.3 Å². The number of nitrogens with two attached hydrogens (primary N) is 1. The lowest BCUT2D eigenvalue weighted by Gasteiger charge is -2.07. The molecule has 4 aromatic rings. The van der Waals surface area contributed by atoms with Crippen LogP contribution in [-0.2, 0) is 0 Å². The van der Waals surface area contributed by atoms with Crippen molar-refractivity contribution in [3.63, 3.8) is 0 Å². The van der Waals surface area contributed by atoms with Crippen molar-refractivity contribution in [1.82, 2.24) is 0 Å². The van der Waals surface area contributed by atoms with Gasteiger partial charge in [-0.15, -0.1) is 0 Å². The Morgan fingerprint density at radius 1 is 0.700 bits per heavy atom. The number of rotatable bonds is 2. The molecule has 0 heterocycles. The van der Waals surface area contributed by atoms with E-state index in [4.69, 9.17) is 113 Å². The minimum atomic E-state index is -1.16. The van der Waals surface area contributed by atoms with E-state index in [1.807, 2.05) is 0 Å². The molecule has 0 aliphatic heterocycles. The van der Waals surface area contributed by atoms with Crippen molar-refractivity contribution in [3.05, 3.63) is 112 Å². The summed E-state index contributed by atoms with van der Waals surface area (Å²) >= 11 is 44.8. The lowest BCUT2D eigenvalue weighted by molar-refractivity contribution is -0.254. The predicted octanol–water partition coefficient (Wildman–Crippen LogP) is 9.84. The number of hydrogen-bond acceptors (Lipinski definition) is 4. The Morgan fingerprint density at radius 2 is 1.15 bits per heavy atom. The molecule has 0 atom stereocenters. The minimum absolute atomic E-state index is 0.0177. The third-order valence-electron chi connectivity index (χ3n) is 4.35. The lowest BCUT2D eigenvalue weighted by Crippen LogP contribution is -2.40. The summed E-state index contributed by atoms with van der Waals surface area (Å²) in [6, 6.07) is 17.6. The van der Waals surface area contributed by atoms with Crippen LogP contribution in [0.1, 0.15) is 10.4 Å². The van der Waals surface area contributed by atoms with Crippen LogP contribution in [0.4, 0.5) is 11.4 Å². The normalized spacial score (nSPS) is 9.65. The van der Waals surface area contributed by atoms with E-state index in [2.05, 4.69) is 5.73 Å². The van der Waals surface area contributed by atoms with Crippen molar-refractivity contribution < 1.29 is 25.5 Å². The second kappa shape index (κ2) is 17.8. The van der Waals surface area contributed by atoms with Gasteiger partial charge in [-0.2, -0.15) is 0 Å². The number of phenolic OH excluding ortho intramolecular Hbond substituents is 1. The predicted molar refractivity (Wildman–Crippen MR) is 168 cm³/mol. The molecule has 0 spiro atoms. The molecular weight excluding hydrogens is 688 g/mol. The number of carboxylic acid groups (broad SMARTS) is 1. The van der Waals surface area contributed by atoms with Crippen LogP contribution in [0.5, 0.6) is 11.5 Å². The Morgan fingerprint density at radius 3 is 1.52 bits per heavy atom. The average Bonchev–Trinajstić information content (AvgIpc) is 2.88. The quantitative estimate of drug-likeness (QED) is 0.155. The Balaban J connectivity index is 0.000000270. The molecule has 0 fully saturated rings. The molecule has 7 N–H and O–H groups in total. The molecule has 14 heteroatoms. The van der Waals surface area contributed by atoms with Gasteiger partial charge in [0.25, 0.3) is 0 Å². The highest BCUT2D eigenvalue weighted by atomic mass is 35.5. The Bertz CT molecular complexity index is 1340. The van der Waals surface area contributed by atoms with Crippen molar-refractivity contribution in [2.75, 3.05) is 12.8 Å². The van der Waals surface area contributed by atoms with Gasteiger partial charge < -0.3 is 26.4 Å². The maximum Gasteiger partial charge on any atom is 0.341 e. The SMILES string of the molecule is COc1c(Cl)ccc(Cl)c1C(=O)O.Nc1cc(Cl)ccc1Cl.Oc1cc(Cl)ccc1Cl.[NH3+]c1cc(Cl)ccc1Cl. The molecule has 0 amide bonds. The smallest absolute Gasteiger partial charge is 0.341 e. The number of methoxy groups -OCH3 is 1. The molecule has 0 aromatic heterocycles. The van der Waals surface area contributed by atoms with E-state index in [-0.39, 0.29) is 27.1 Å². The lowest BCUT2D eigenvalue weighted by atomic mass is 10.2. The summed E-state index contributed by atoms with van der Waals surface area (Å²) in [5.41, 5.74) is 10.2. The number of anilines is 1. The number of nitrogen functional groups attached to an aromatic ring is 1. The van der Waals surface area contributed by atoms with Gasteiger partial charge in [0.2, 0.25) is 0 Å². The second-order valence-corrected chi connectivity index (χ2v) is 10.6. The first-order chi connectivity index (χ1) is 18.7. The van der Waals surface area contributed by atoms with E-state index >= 15 is 0 Å². The number of carboxylic acids is 1. The molecule has 6 nitrogen and oxygen atoms in total. The monoisotopic (exact) mass is 705 g/mol. The van der Waals surface area contributed by atoms with Crippen molar-refractivity contribution in [2.45, 2.75) is 0 Å². The fourth-order valence-corrected chi connectivity index (χ4v) is 3.83. The highest BCUT2D eigenvalue weighted by Crippen LogP contribution is 2.33. The summed E-state index contributed by atoms with van der Waals surface area (Å²) in [5, 5.41) is 21.3. The third kappa shape index (κ3) is 12.3. The van der Waals surface area contributed by atoms with Gasteiger partial charge in [-0.25, -0.2) is 4.79 Å². The van der Waals surface area contributed by atoms with Gasteiger partial charge >= 0.3 is 5.97 Å². The van der Waals surface area contributed by atoms with Crippen molar-refractivity contribution in [3.8, 4) is 11.5 Å². The van der Waals surface area contributed by atoms with Crippen molar-refractivity contribution >= 4 is 110 Å². The van der Waals surface area contributed by atoms with Crippen LogP contribution in [0.25, 0.3) is 0 Å². The summed E-state index contributed by atoms with van der Waals surface area (Å²) in [6.45, 7) is 0. The van der Waals surface area contributed by atoms with Crippen LogP contribution < -0.4 is 16.2 Å². The molecule has 0 aliphatic carbocycles. The zero-order chi connectivity index (χ0) is 30.6. The Labute approximate surface area is 270 Å². The van der Waals surface area contributed by atoms with Crippen molar-refractivity contribution in [2.24, 2.45) is 0 Å². The first-order valence-electron chi connectivity index (χ1n) is 10.5. The number of quaternary nitrogens is 1. The van der Waals surface area contributed by atoms with Crippen LogP contribution in [0.2, 0.25) is 40.2 Å². The molecule has 0 bridgehead atoms. The summed E-state index contributed by atoms with van der Waals surface area (Å²) in [6.07, 6.45) is 0. The largest absolute Gasteiger partial charge is 0.506 e. The number of carbonyl (C=O) groups is 1. The first kappa shape index (κ1) is 36.1. The van der Waals surface area contributed by atoms with Crippen LogP contribution in [0.3, 0.4) is 0 Å². The zero-order valence-corrected chi connectivity index (χ0v) is 26.4. The Kier molecular flexibility index (Phi) is 16.0. The highest BCUT2D eigenvalue weighted by molar-refractivity contribution is 6.37. The molecule has 40 heavy (non-hydrogen) atoms. The molecule has 4 rings (SSSR count).